The van der Waals surface area contributed by atoms with Crippen LogP contribution in [0.2, 0.25) is 0 Å². The number of nitrogens with zero attached hydrogens (tertiary/aromatic N) is 1. The molecule has 1 aromatic rings. The maximum absolute atomic E-state index is 12.5. The fourth-order valence-corrected chi connectivity index (χ4v) is 3.38. The van der Waals surface area contributed by atoms with E-state index in [1.54, 1.807) is 21.1 Å². The fourth-order valence-electron chi connectivity index (χ4n) is 3.38. The Morgan fingerprint density at radius 1 is 1.26 bits per heavy atom. The van der Waals surface area contributed by atoms with E-state index in [1.807, 2.05) is 18.2 Å². The quantitative estimate of drug-likeness (QED) is 0.663. The Kier molecular flexibility index (Phi) is 5.25. The topological polar surface area (TPSA) is 97.0 Å². The number of methoxy groups -OCH3 is 2. The van der Waals surface area contributed by atoms with E-state index in [-0.39, 0.29) is 24.3 Å². The summed E-state index contributed by atoms with van der Waals surface area (Å²) in [6.45, 7) is 1.86. The first-order chi connectivity index (χ1) is 12.9. The molecule has 146 valence electrons. The molecule has 1 aliphatic carbocycles. The third kappa shape index (κ3) is 3.84. The summed E-state index contributed by atoms with van der Waals surface area (Å²) in [6.07, 6.45) is 2.44. The molecule has 1 atom stereocenters. The number of carbonyl (C=O) groups excluding carboxylic acids is 3. The van der Waals surface area contributed by atoms with Crippen molar-refractivity contribution in [2.45, 2.75) is 31.7 Å². The summed E-state index contributed by atoms with van der Waals surface area (Å²) in [4.78, 5) is 37.8. The molecule has 4 amide bonds. The monoisotopic (exact) mass is 375 g/mol. The van der Waals surface area contributed by atoms with Gasteiger partial charge in [0.05, 0.1) is 14.2 Å². The third-order valence-electron chi connectivity index (χ3n) is 5.18. The molecule has 8 nitrogen and oxygen atoms in total. The summed E-state index contributed by atoms with van der Waals surface area (Å²) < 4.78 is 10.5. The molecular formula is C19H25N3O5. The molecule has 8 heteroatoms. The number of amides is 4. The standard InChI is InChI=1S/C19H25N3O5/c1-19(13-5-6-13)17(24)22(18(25)21-19)11-16(23)20-9-8-12-4-7-14(26-2)15(10-12)27-3/h4,7,10,13H,5-6,8-9,11H2,1-3H3,(H,20,23)(H,21,25). The number of nitrogens with one attached hydrogen (secondary N) is 2. The number of ether oxygens (including phenoxy) is 2. The third-order valence-corrected chi connectivity index (χ3v) is 5.18. The van der Waals surface area contributed by atoms with Gasteiger partial charge in [-0.15, -0.1) is 0 Å². The van der Waals surface area contributed by atoms with Gasteiger partial charge in [0.15, 0.2) is 11.5 Å². The average Bonchev–Trinajstić information content (AvgIpc) is 3.48. The van der Waals surface area contributed by atoms with Gasteiger partial charge in [0.25, 0.3) is 5.91 Å². The number of rotatable bonds is 8. The van der Waals surface area contributed by atoms with Gasteiger partial charge in [-0.2, -0.15) is 0 Å². The highest BCUT2D eigenvalue weighted by Crippen LogP contribution is 2.42. The molecule has 0 radical (unpaired) electrons. The highest BCUT2D eigenvalue weighted by Gasteiger charge is 2.56. The molecule has 27 heavy (non-hydrogen) atoms. The highest BCUT2D eigenvalue weighted by atomic mass is 16.5. The maximum atomic E-state index is 12.5. The van der Waals surface area contributed by atoms with Crippen molar-refractivity contribution < 1.29 is 23.9 Å². The zero-order valence-corrected chi connectivity index (χ0v) is 15.8. The molecule has 0 aromatic heterocycles. The zero-order valence-electron chi connectivity index (χ0n) is 15.8. The second-order valence-corrected chi connectivity index (χ2v) is 7.09. The molecule has 3 rings (SSSR count). The molecule has 1 unspecified atom stereocenters. The van der Waals surface area contributed by atoms with Gasteiger partial charge in [0, 0.05) is 6.54 Å². The van der Waals surface area contributed by atoms with Crippen molar-refractivity contribution in [3.63, 3.8) is 0 Å². The number of hydrogen-bond donors (Lipinski definition) is 2. The molecule has 2 aliphatic rings. The van der Waals surface area contributed by atoms with Gasteiger partial charge in [-0.05, 0) is 49.8 Å². The van der Waals surface area contributed by atoms with Crippen LogP contribution in [0.3, 0.4) is 0 Å². The van der Waals surface area contributed by atoms with Crippen molar-refractivity contribution in [2.24, 2.45) is 5.92 Å². The number of urea groups is 1. The van der Waals surface area contributed by atoms with Crippen molar-refractivity contribution in [1.29, 1.82) is 0 Å². The second kappa shape index (κ2) is 7.46. The van der Waals surface area contributed by atoms with E-state index < -0.39 is 11.6 Å². The summed E-state index contributed by atoms with van der Waals surface area (Å²) in [5, 5.41) is 5.49. The lowest BCUT2D eigenvalue weighted by Gasteiger charge is -2.20. The van der Waals surface area contributed by atoms with Crippen molar-refractivity contribution in [1.82, 2.24) is 15.5 Å². The van der Waals surface area contributed by atoms with Gasteiger partial charge < -0.3 is 20.1 Å². The van der Waals surface area contributed by atoms with Gasteiger partial charge in [0.1, 0.15) is 12.1 Å². The smallest absolute Gasteiger partial charge is 0.325 e. The fraction of sp³-hybridized carbons (Fsp3) is 0.526. The van der Waals surface area contributed by atoms with E-state index in [1.165, 1.54) is 0 Å². The van der Waals surface area contributed by atoms with Crippen molar-refractivity contribution in [3.8, 4) is 11.5 Å². The van der Waals surface area contributed by atoms with Gasteiger partial charge in [-0.1, -0.05) is 6.07 Å². The molecule has 0 spiro atoms. The molecule has 1 aromatic carbocycles. The van der Waals surface area contributed by atoms with Gasteiger partial charge in [0.2, 0.25) is 5.91 Å². The van der Waals surface area contributed by atoms with Gasteiger partial charge in [-0.3, -0.25) is 14.5 Å². The summed E-state index contributed by atoms with van der Waals surface area (Å²) in [5.41, 5.74) is 0.112. The maximum Gasteiger partial charge on any atom is 0.325 e. The molecule has 0 bridgehead atoms. The van der Waals surface area contributed by atoms with Crippen molar-refractivity contribution in [2.75, 3.05) is 27.3 Å². The number of carbonyl (C=O) groups is 3. The Bertz CT molecular complexity index is 762. The number of benzene rings is 1. The van der Waals surface area contributed by atoms with Crippen LogP contribution in [0.4, 0.5) is 4.79 Å². The van der Waals surface area contributed by atoms with Gasteiger partial charge in [-0.25, -0.2) is 4.79 Å². The lowest BCUT2D eigenvalue weighted by Crippen LogP contribution is -2.47. The van der Waals surface area contributed by atoms with Crippen LogP contribution in [-0.4, -0.2) is 55.6 Å². The van der Waals surface area contributed by atoms with Crippen LogP contribution in [0.15, 0.2) is 18.2 Å². The molecule has 1 saturated carbocycles. The van der Waals surface area contributed by atoms with Crippen molar-refractivity contribution in [3.05, 3.63) is 23.8 Å². The Morgan fingerprint density at radius 2 is 1.96 bits per heavy atom. The van der Waals surface area contributed by atoms with Crippen LogP contribution in [0.25, 0.3) is 0 Å². The minimum absolute atomic E-state index is 0.173. The number of imide groups is 1. The van der Waals surface area contributed by atoms with E-state index >= 15 is 0 Å². The molecule has 1 heterocycles. The van der Waals surface area contributed by atoms with Crippen LogP contribution in [0, 0.1) is 5.92 Å². The lowest BCUT2D eigenvalue weighted by molar-refractivity contribution is -0.135. The molecular weight excluding hydrogens is 350 g/mol. The Balaban J connectivity index is 1.50. The van der Waals surface area contributed by atoms with Crippen LogP contribution in [0.5, 0.6) is 11.5 Å². The van der Waals surface area contributed by atoms with Crippen LogP contribution < -0.4 is 20.1 Å². The van der Waals surface area contributed by atoms with Crippen molar-refractivity contribution >= 4 is 17.8 Å². The summed E-state index contributed by atoms with van der Waals surface area (Å²) in [7, 11) is 3.14. The second-order valence-electron chi connectivity index (χ2n) is 7.09. The normalized spacial score (nSPS) is 21.8. The van der Waals surface area contributed by atoms with E-state index in [4.69, 9.17) is 9.47 Å². The Labute approximate surface area is 158 Å². The SMILES string of the molecule is COc1ccc(CCNC(=O)CN2C(=O)NC(C)(C3CC3)C2=O)cc1OC. The van der Waals surface area contributed by atoms with Crippen LogP contribution in [0.1, 0.15) is 25.3 Å². The first-order valence-electron chi connectivity index (χ1n) is 9.00. The minimum Gasteiger partial charge on any atom is -0.493 e. The predicted octanol–water partition coefficient (Wildman–Crippen LogP) is 1.08. The largest absolute Gasteiger partial charge is 0.493 e. The summed E-state index contributed by atoms with van der Waals surface area (Å²) in [5.74, 6) is 0.763. The minimum atomic E-state index is -0.864. The zero-order chi connectivity index (χ0) is 19.6. The van der Waals surface area contributed by atoms with E-state index in [2.05, 4.69) is 10.6 Å². The average molecular weight is 375 g/mol. The summed E-state index contributed by atoms with van der Waals surface area (Å²) in [6, 6.07) is 5.06. The van der Waals surface area contributed by atoms with Crippen LogP contribution >= 0.6 is 0 Å². The first-order valence-corrected chi connectivity index (χ1v) is 9.00. The Hall–Kier alpha value is -2.77. The summed E-state index contributed by atoms with van der Waals surface area (Å²) >= 11 is 0. The van der Waals surface area contributed by atoms with E-state index in [9.17, 15) is 14.4 Å². The van der Waals surface area contributed by atoms with E-state index in [0.717, 1.165) is 23.3 Å². The molecule has 2 N–H and O–H groups in total. The van der Waals surface area contributed by atoms with E-state index in [0.29, 0.717) is 24.5 Å². The first kappa shape index (κ1) is 19.0. The Morgan fingerprint density at radius 3 is 2.59 bits per heavy atom. The van der Waals surface area contributed by atoms with Gasteiger partial charge >= 0.3 is 6.03 Å². The molecule has 2 fully saturated rings. The van der Waals surface area contributed by atoms with Crippen LogP contribution in [-0.2, 0) is 16.0 Å². The molecule has 1 saturated heterocycles. The highest BCUT2D eigenvalue weighted by molar-refractivity contribution is 6.09. The molecule has 1 aliphatic heterocycles. The lowest BCUT2D eigenvalue weighted by atomic mass is 9.96. The number of hydrogen-bond acceptors (Lipinski definition) is 5. The predicted molar refractivity (Wildman–Crippen MR) is 97.6 cm³/mol.